The Kier molecular flexibility index (Phi) is 8.76. The maximum atomic E-state index is 13.1. The van der Waals surface area contributed by atoms with Gasteiger partial charge < -0.3 is 15.6 Å². The fourth-order valence-corrected chi connectivity index (χ4v) is 5.23. The zero-order valence-electron chi connectivity index (χ0n) is 22.1. The fraction of sp³-hybridized carbons (Fsp3) is 0.212. The maximum Gasteiger partial charge on any atom is 0.257 e. The highest BCUT2D eigenvalue weighted by Gasteiger charge is 2.14. The summed E-state index contributed by atoms with van der Waals surface area (Å²) in [5.74, 6) is -0.245. The van der Waals surface area contributed by atoms with E-state index in [0.29, 0.717) is 21.9 Å². The van der Waals surface area contributed by atoms with E-state index >= 15 is 0 Å². The van der Waals surface area contributed by atoms with Crippen LogP contribution in [0, 0.1) is 0 Å². The Morgan fingerprint density at radius 2 is 1.49 bits per heavy atom. The number of aromatic amines is 1. The normalized spacial score (nSPS) is 11.2. The highest BCUT2D eigenvalue weighted by molar-refractivity contribution is 7.98. The number of benzene rings is 4. The molecule has 0 bridgehead atoms. The summed E-state index contributed by atoms with van der Waals surface area (Å²) in [7, 11) is 0. The summed E-state index contributed by atoms with van der Waals surface area (Å²) in [6, 6.07) is 29.4. The lowest BCUT2D eigenvalue weighted by atomic mass is 10.1. The Morgan fingerprint density at radius 1 is 0.769 bits per heavy atom. The summed E-state index contributed by atoms with van der Waals surface area (Å²) in [6.07, 6.45) is 6.38. The van der Waals surface area contributed by atoms with Gasteiger partial charge in [-0.2, -0.15) is 0 Å². The highest BCUT2D eigenvalue weighted by atomic mass is 32.2. The molecule has 198 valence electrons. The zero-order chi connectivity index (χ0) is 27.0. The van der Waals surface area contributed by atoms with Crippen LogP contribution in [0.15, 0.2) is 101 Å². The summed E-state index contributed by atoms with van der Waals surface area (Å²) < 4.78 is 0. The first-order valence-corrected chi connectivity index (χ1v) is 14.6. The fourth-order valence-electron chi connectivity index (χ4n) is 4.82. The molecule has 6 heteroatoms. The van der Waals surface area contributed by atoms with Crippen molar-refractivity contribution in [2.24, 2.45) is 0 Å². The molecule has 0 aliphatic carbocycles. The van der Waals surface area contributed by atoms with Gasteiger partial charge in [-0.15, -0.1) is 11.8 Å². The molecule has 1 aromatic heterocycles. The standard InChI is InChI=1S/C33H33N3O2S/c1-39-26-18-14-24(15-19-26)20-22-34-21-5-4-7-23-12-16-25(17-13-23)35-33(38)29-10-6-9-28-31(29)36-30-11-3-2-8-27(30)32(28)37/h2-3,6,8-19,34H,4-5,7,20-22H2,1H3,(H,35,38)(H,36,37). The molecule has 5 rings (SSSR count). The molecule has 39 heavy (non-hydrogen) atoms. The van der Waals surface area contributed by atoms with Gasteiger partial charge in [-0.3, -0.25) is 9.59 Å². The molecular formula is C33H33N3O2S. The SMILES string of the molecule is CSc1ccc(CCNCCCCc2ccc(NC(=O)c3cccc4c(=O)c5ccccc5[nH]c34)cc2)cc1. The monoisotopic (exact) mass is 535 g/mol. The number of amides is 1. The van der Waals surface area contributed by atoms with Gasteiger partial charge in [0.2, 0.25) is 0 Å². The summed E-state index contributed by atoms with van der Waals surface area (Å²) in [4.78, 5) is 30.7. The molecule has 0 spiro atoms. The third-order valence-electron chi connectivity index (χ3n) is 7.02. The van der Waals surface area contributed by atoms with Crippen molar-refractivity contribution in [2.45, 2.75) is 30.6 Å². The van der Waals surface area contributed by atoms with E-state index in [1.807, 2.05) is 30.3 Å². The summed E-state index contributed by atoms with van der Waals surface area (Å²) in [5.41, 5.74) is 5.00. The number of aromatic nitrogens is 1. The van der Waals surface area contributed by atoms with E-state index in [1.165, 1.54) is 16.0 Å². The second kappa shape index (κ2) is 12.8. The number of anilines is 1. The van der Waals surface area contributed by atoms with Crippen LogP contribution in [0.25, 0.3) is 21.8 Å². The van der Waals surface area contributed by atoms with Gasteiger partial charge in [0.1, 0.15) is 0 Å². The van der Waals surface area contributed by atoms with Crippen LogP contribution in [0.1, 0.15) is 34.3 Å². The number of carbonyl (C=O) groups is 1. The summed E-state index contributed by atoms with van der Waals surface area (Å²) >= 11 is 1.77. The first-order chi connectivity index (χ1) is 19.1. The Balaban J connectivity index is 1.10. The molecule has 4 aromatic carbocycles. The number of pyridine rings is 1. The second-order valence-electron chi connectivity index (χ2n) is 9.68. The lowest BCUT2D eigenvalue weighted by Crippen LogP contribution is -2.18. The largest absolute Gasteiger partial charge is 0.354 e. The van der Waals surface area contributed by atoms with Gasteiger partial charge in [-0.1, -0.05) is 42.5 Å². The second-order valence-corrected chi connectivity index (χ2v) is 10.6. The zero-order valence-corrected chi connectivity index (χ0v) is 22.9. The van der Waals surface area contributed by atoms with Crippen molar-refractivity contribution in [3.63, 3.8) is 0 Å². The smallest absolute Gasteiger partial charge is 0.257 e. The van der Waals surface area contributed by atoms with Crippen molar-refractivity contribution in [1.29, 1.82) is 0 Å². The Bertz CT molecular complexity index is 1630. The quantitative estimate of drug-likeness (QED) is 0.0987. The van der Waals surface area contributed by atoms with E-state index in [0.717, 1.165) is 50.0 Å². The van der Waals surface area contributed by atoms with Crippen LogP contribution in [0.3, 0.4) is 0 Å². The average molecular weight is 536 g/mol. The maximum absolute atomic E-state index is 13.1. The number of hydrogen-bond donors (Lipinski definition) is 3. The van der Waals surface area contributed by atoms with E-state index in [1.54, 1.807) is 36.0 Å². The van der Waals surface area contributed by atoms with Gasteiger partial charge in [0.25, 0.3) is 5.91 Å². The number of carbonyl (C=O) groups excluding carboxylic acids is 1. The molecule has 0 aliphatic heterocycles. The molecule has 0 aliphatic rings. The number of unbranched alkanes of at least 4 members (excludes halogenated alkanes) is 1. The van der Waals surface area contributed by atoms with Crippen LogP contribution in [0.5, 0.6) is 0 Å². The molecular weight excluding hydrogens is 502 g/mol. The number of fused-ring (bicyclic) bond motifs is 2. The topological polar surface area (TPSA) is 74.0 Å². The third kappa shape index (κ3) is 6.59. The lowest BCUT2D eigenvalue weighted by molar-refractivity contribution is 0.102. The molecule has 0 saturated carbocycles. The van der Waals surface area contributed by atoms with Crippen molar-refractivity contribution < 1.29 is 4.79 Å². The molecule has 5 nitrogen and oxygen atoms in total. The molecule has 1 heterocycles. The molecule has 0 radical (unpaired) electrons. The van der Waals surface area contributed by atoms with E-state index in [9.17, 15) is 9.59 Å². The van der Waals surface area contributed by atoms with Gasteiger partial charge >= 0.3 is 0 Å². The first-order valence-electron chi connectivity index (χ1n) is 13.4. The van der Waals surface area contributed by atoms with Crippen molar-refractivity contribution >= 4 is 45.2 Å². The van der Waals surface area contributed by atoms with Crippen LogP contribution in [0.2, 0.25) is 0 Å². The number of para-hydroxylation sites is 2. The minimum atomic E-state index is -0.245. The van der Waals surface area contributed by atoms with E-state index < -0.39 is 0 Å². The molecule has 0 saturated heterocycles. The number of rotatable bonds is 11. The Morgan fingerprint density at radius 3 is 2.28 bits per heavy atom. The van der Waals surface area contributed by atoms with Crippen LogP contribution in [0.4, 0.5) is 5.69 Å². The number of H-pyrrole nitrogens is 1. The lowest BCUT2D eigenvalue weighted by Gasteiger charge is -2.10. The molecule has 3 N–H and O–H groups in total. The van der Waals surface area contributed by atoms with Crippen molar-refractivity contribution in [3.8, 4) is 0 Å². The van der Waals surface area contributed by atoms with Crippen LogP contribution >= 0.6 is 11.8 Å². The minimum Gasteiger partial charge on any atom is -0.354 e. The summed E-state index contributed by atoms with van der Waals surface area (Å²) in [5, 5.41) is 7.66. The molecule has 0 atom stereocenters. The number of nitrogens with one attached hydrogen (secondary N) is 3. The Hall–Kier alpha value is -3.87. The molecule has 0 unspecified atom stereocenters. The van der Waals surface area contributed by atoms with Crippen molar-refractivity contribution in [3.05, 3.63) is 118 Å². The highest BCUT2D eigenvalue weighted by Crippen LogP contribution is 2.20. The third-order valence-corrected chi connectivity index (χ3v) is 7.76. The van der Waals surface area contributed by atoms with Crippen molar-refractivity contribution in [2.75, 3.05) is 24.7 Å². The van der Waals surface area contributed by atoms with Gasteiger partial charge in [-0.05, 0) is 105 Å². The van der Waals surface area contributed by atoms with E-state index in [-0.39, 0.29) is 11.3 Å². The summed E-state index contributed by atoms with van der Waals surface area (Å²) in [6.45, 7) is 2.01. The number of aryl methyl sites for hydroxylation is 1. The number of hydrogen-bond acceptors (Lipinski definition) is 4. The van der Waals surface area contributed by atoms with Crippen LogP contribution in [-0.4, -0.2) is 30.2 Å². The van der Waals surface area contributed by atoms with Gasteiger partial charge in [0.05, 0.1) is 11.1 Å². The molecule has 5 aromatic rings. The van der Waals surface area contributed by atoms with Gasteiger partial charge in [0.15, 0.2) is 5.43 Å². The van der Waals surface area contributed by atoms with Crippen LogP contribution < -0.4 is 16.1 Å². The molecule has 0 fully saturated rings. The Labute approximate surface area is 233 Å². The van der Waals surface area contributed by atoms with Crippen LogP contribution in [-0.2, 0) is 12.8 Å². The van der Waals surface area contributed by atoms with Gasteiger partial charge in [-0.25, -0.2) is 0 Å². The number of thioether (sulfide) groups is 1. The van der Waals surface area contributed by atoms with E-state index in [4.69, 9.17) is 0 Å². The first kappa shape index (κ1) is 26.7. The van der Waals surface area contributed by atoms with Crippen molar-refractivity contribution in [1.82, 2.24) is 10.3 Å². The predicted octanol–water partition coefficient (Wildman–Crippen LogP) is 6.81. The van der Waals surface area contributed by atoms with Gasteiger partial charge in [0, 0.05) is 26.9 Å². The average Bonchev–Trinajstić information content (AvgIpc) is 2.97. The predicted molar refractivity (Wildman–Crippen MR) is 164 cm³/mol. The van der Waals surface area contributed by atoms with E-state index in [2.05, 4.69) is 58.3 Å². The molecule has 1 amide bonds. The minimum absolute atomic E-state index is 0.0745.